The second-order valence-electron chi connectivity index (χ2n) is 12.8. The maximum absolute atomic E-state index is 13.0. The predicted octanol–water partition coefficient (Wildman–Crippen LogP) is 5.28. The third-order valence-electron chi connectivity index (χ3n) is 10.2. The molecule has 0 radical (unpaired) electrons. The van der Waals surface area contributed by atoms with Crippen LogP contribution in [0, 0.1) is 34.5 Å². The molecule has 0 bridgehead atoms. The van der Waals surface area contributed by atoms with E-state index < -0.39 is 21.2 Å². The molecule has 7 nitrogen and oxygen atoms in total. The molecule has 1 amide bonds. The van der Waals surface area contributed by atoms with E-state index in [1.54, 1.807) is 6.26 Å². The summed E-state index contributed by atoms with van der Waals surface area (Å²) in [5, 5.41) is 0. The average Bonchev–Trinajstić information content (AvgIpc) is 3.14. The van der Waals surface area contributed by atoms with E-state index in [9.17, 15) is 22.0 Å². The van der Waals surface area contributed by atoms with Crippen molar-refractivity contribution in [1.82, 2.24) is 4.90 Å². The van der Waals surface area contributed by atoms with Gasteiger partial charge >= 0.3 is 10.4 Å². The van der Waals surface area contributed by atoms with Crippen LogP contribution < -0.4 is 0 Å². The highest BCUT2D eigenvalue weighted by Gasteiger charge is 2.56. The van der Waals surface area contributed by atoms with Gasteiger partial charge in [-0.2, -0.15) is 8.42 Å². The van der Waals surface area contributed by atoms with Gasteiger partial charge in [0.1, 0.15) is 6.26 Å². The summed E-state index contributed by atoms with van der Waals surface area (Å²) in [5.41, 5.74) is 2.39. The van der Waals surface area contributed by atoms with E-state index in [0.717, 1.165) is 43.3 Å². The Balaban J connectivity index is 1.50. The van der Waals surface area contributed by atoms with Crippen molar-refractivity contribution in [1.29, 1.82) is 0 Å². The largest absolute Gasteiger partial charge is 0.445 e. The molecule has 3 saturated carbocycles. The number of carbonyl (C=O) groups excluding carboxylic acids is 1. The molecular formula is C28H45NO6S2. The molecular weight excluding hydrogens is 510 g/mol. The van der Waals surface area contributed by atoms with Crippen LogP contribution in [0.3, 0.4) is 0 Å². The van der Waals surface area contributed by atoms with Crippen molar-refractivity contribution in [2.75, 3.05) is 25.1 Å². The molecule has 3 fully saturated rings. The quantitative estimate of drug-likeness (QED) is 0.307. The van der Waals surface area contributed by atoms with Crippen LogP contribution in [0.1, 0.15) is 85.0 Å². The van der Waals surface area contributed by atoms with Gasteiger partial charge in [-0.15, -0.1) is 0 Å². The minimum Gasteiger partial charge on any atom is -0.370 e. The summed E-state index contributed by atoms with van der Waals surface area (Å²) < 4.78 is 48.1. The highest BCUT2D eigenvalue weighted by Crippen LogP contribution is 2.65. The SMILES string of the molecule is CS(=O)CCCN1CC=C(CC[C@H]2/C(=C\OS(=O)(=O)O)CC[C@H]3[C@H]2CC[C@H]2C(C)(C)CCC[C@]32C)C1=O. The first-order valence-corrected chi connectivity index (χ1v) is 17.0. The molecule has 4 aliphatic rings. The molecule has 1 heterocycles. The zero-order valence-corrected chi connectivity index (χ0v) is 24.5. The molecule has 37 heavy (non-hydrogen) atoms. The smallest absolute Gasteiger partial charge is 0.370 e. The molecule has 0 aromatic carbocycles. The normalized spacial score (nSPS) is 35.6. The topological polar surface area (TPSA) is 101 Å². The average molecular weight is 556 g/mol. The highest BCUT2D eigenvalue weighted by atomic mass is 32.3. The fraction of sp³-hybridized carbons (Fsp3) is 0.821. The summed E-state index contributed by atoms with van der Waals surface area (Å²) in [6.07, 6.45) is 15.0. The second kappa shape index (κ2) is 11.1. The lowest BCUT2D eigenvalue weighted by Gasteiger charge is -2.62. The standard InChI is InChI=1S/C28H45NO6S2/c1-27(2)14-5-15-28(3)24-11-8-21(19-35-37(32,33)34)22(23(24)10-12-25(27)28)9-7-20-13-17-29(26(20)30)16-6-18-36(4)31/h13,19,22-25H,5-12,14-18H2,1-4H3,(H,32,33,34)/b21-19-/t22-,23-,24-,25-,28+,36?/m0/s1. The maximum Gasteiger partial charge on any atom is 0.445 e. The first-order valence-electron chi connectivity index (χ1n) is 13.9. The molecule has 3 aliphatic carbocycles. The molecule has 1 unspecified atom stereocenters. The van der Waals surface area contributed by atoms with E-state index in [1.807, 2.05) is 11.0 Å². The van der Waals surface area contributed by atoms with Crippen LogP contribution >= 0.6 is 0 Å². The van der Waals surface area contributed by atoms with E-state index in [-0.39, 0.29) is 17.2 Å². The number of fused-ring (bicyclic) bond motifs is 3. The van der Waals surface area contributed by atoms with Crippen LogP contribution in [0.25, 0.3) is 0 Å². The Morgan fingerprint density at radius 3 is 2.68 bits per heavy atom. The van der Waals surface area contributed by atoms with E-state index in [1.165, 1.54) is 31.9 Å². The number of hydrogen-bond acceptors (Lipinski definition) is 5. The summed E-state index contributed by atoms with van der Waals surface area (Å²) >= 11 is 0. The molecule has 1 aliphatic heterocycles. The van der Waals surface area contributed by atoms with Crippen molar-refractivity contribution in [3.05, 3.63) is 23.5 Å². The van der Waals surface area contributed by atoms with Crippen LogP contribution in [0.15, 0.2) is 23.5 Å². The van der Waals surface area contributed by atoms with Gasteiger partial charge in [0, 0.05) is 41.5 Å². The zero-order valence-electron chi connectivity index (χ0n) is 22.9. The number of allylic oxidation sites excluding steroid dienone is 1. The van der Waals surface area contributed by atoms with Gasteiger partial charge in [-0.3, -0.25) is 13.6 Å². The lowest BCUT2D eigenvalue weighted by molar-refractivity contribution is -0.125. The fourth-order valence-corrected chi connectivity index (χ4v) is 9.40. The Morgan fingerprint density at radius 2 is 1.97 bits per heavy atom. The minimum atomic E-state index is -4.55. The molecule has 210 valence electrons. The van der Waals surface area contributed by atoms with Gasteiger partial charge in [0.2, 0.25) is 5.91 Å². The van der Waals surface area contributed by atoms with Crippen molar-refractivity contribution in [2.24, 2.45) is 34.5 Å². The highest BCUT2D eigenvalue weighted by molar-refractivity contribution is 7.84. The summed E-state index contributed by atoms with van der Waals surface area (Å²) in [5.74, 6) is 2.49. The van der Waals surface area contributed by atoms with Crippen LogP contribution in [0.2, 0.25) is 0 Å². The van der Waals surface area contributed by atoms with Gasteiger partial charge in [0.25, 0.3) is 0 Å². The summed E-state index contributed by atoms with van der Waals surface area (Å²) in [6.45, 7) is 8.59. The molecule has 4 rings (SSSR count). The third kappa shape index (κ3) is 6.35. The predicted molar refractivity (Wildman–Crippen MR) is 146 cm³/mol. The lowest BCUT2D eigenvalue weighted by atomic mass is 9.43. The summed E-state index contributed by atoms with van der Waals surface area (Å²) in [6, 6.07) is 0. The van der Waals surface area contributed by atoms with Gasteiger partial charge in [0.15, 0.2) is 0 Å². The summed E-state index contributed by atoms with van der Waals surface area (Å²) in [7, 11) is -5.41. The van der Waals surface area contributed by atoms with Crippen molar-refractivity contribution < 1.29 is 26.2 Å². The van der Waals surface area contributed by atoms with E-state index in [2.05, 4.69) is 20.8 Å². The van der Waals surface area contributed by atoms with Gasteiger partial charge < -0.3 is 9.08 Å². The molecule has 0 spiro atoms. The Bertz CT molecular complexity index is 1060. The van der Waals surface area contributed by atoms with Crippen molar-refractivity contribution in [3.8, 4) is 0 Å². The Kier molecular flexibility index (Phi) is 8.66. The number of rotatable bonds is 9. The Labute approximate surface area is 225 Å². The molecule has 6 atom stereocenters. The number of nitrogens with zero attached hydrogens (tertiary/aromatic N) is 1. The van der Waals surface area contributed by atoms with E-state index in [4.69, 9.17) is 4.18 Å². The van der Waals surface area contributed by atoms with Gasteiger partial charge in [-0.05, 0) is 97.9 Å². The lowest BCUT2D eigenvalue weighted by Crippen LogP contribution is -2.54. The Hall–Kier alpha value is -1.19. The zero-order chi connectivity index (χ0) is 27.0. The summed E-state index contributed by atoms with van der Waals surface area (Å²) in [4.78, 5) is 14.8. The van der Waals surface area contributed by atoms with Gasteiger partial charge in [-0.25, -0.2) is 0 Å². The van der Waals surface area contributed by atoms with Crippen LogP contribution in [-0.2, 0) is 30.2 Å². The van der Waals surface area contributed by atoms with E-state index >= 15 is 0 Å². The second-order valence-corrected chi connectivity index (χ2v) is 15.4. The van der Waals surface area contributed by atoms with Crippen LogP contribution in [-0.4, -0.2) is 53.1 Å². The van der Waals surface area contributed by atoms with Crippen LogP contribution in [0.4, 0.5) is 0 Å². The molecule has 0 aromatic heterocycles. The monoisotopic (exact) mass is 555 g/mol. The minimum absolute atomic E-state index is 0.0682. The first-order chi connectivity index (χ1) is 17.3. The van der Waals surface area contributed by atoms with Crippen molar-refractivity contribution in [2.45, 2.75) is 85.0 Å². The Morgan fingerprint density at radius 1 is 1.22 bits per heavy atom. The van der Waals surface area contributed by atoms with Crippen molar-refractivity contribution in [3.63, 3.8) is 0 Å². The van der Waals surface area contributed by atoms with E-state index in [0.29, 0.717) is 48.4 Å². The molecule has 1 N–H and O–H groups in total. The van der Waals surface area contributed by atoms with Crippen LogP contribution in [0.5, 0.6) is 0 Å². The fourth-order valence-electron chi connectivity index (χ4n) is 8.62. The van der Waals surface area contributed by atoms with Gasteiger partial charge in [0.05, 0.1) is 0 Å². The maximum atomic E-state index is 13.0. The van der Waals surface area contributed by atoms with Gasteiger partial charge in [-0.1, -0.05) is 33.3 Å². The van der Waals surface area contributed by atoms with Crippen molar-refractivity contribution >= 4 is 27.1 Å². The molecule has 0 aromatic rings. The number of amides is 1. The first kappa shape index (κ1) is 28.8. The number of carbonyl (C=O) groups is 1. The molecule has 0 saturated heterocycles. The molecule has 9 heteroatoms. The number of hydrogen-bond donors (Lipinski definition) is 1. The third-order valence-corrected chi connectivity index (χ3v) is 11.4.